The van der Waals surface area contributed by atoms with Gasteiger partial charge in [-0.2, -0.15) is 10.4 Å². The second kappa shape index (κ2) is 5.71. The lowest BCUT2D eigenvalue weighted by Crippen LogP contribution is -2.51. The first-order valence-electron chi connectivity index (χ1n) is 7.41. The summed E-state index contributed by atoms with van der Waals surface area (Å²) in [7, 11) is 0. The maximum Gasteiger partial charge on any atom is 0.0852 e. The third kappa shape index (κ3) is 2.84. The molecule has 0 unspecified atom stereocenters. The van der Waals surface area contributed by atoms with E-state index < -0.39 is 0 Å². The van der Waals surface area contributed by atoms with Gasteiger partial charge in [0.05, 0.1) is 24.2 Å². The van der Waals surface area contributed by atoms with Crippen molar-refractivity contribution in [2.24, 2.45) is 0 Å². The van der Waals surface area contributed by atoms with Crippen molar-refractivity contribution in [2.45, 2.75) is 37.8 Å². The van der Waals surface area contributed by atoms with Gasteiger partial charge in [-0.3, -0.25) is 4.68 Å². The summed E-state index contributed by atoms with van der Waals surface area (Å²) < 4.78 is 1.95. The summed E-state index contributed by atoms with van der Waals surface area (Å²) in [5, 5.41) is 17.3. The molecule has 0 atom stereocenters. The van der Waals surface area contributed by atoms with Crippen LogP contribution >= 0.6 is 0 Å². The lowest BCUT2D eigenvalue weighted by Gasteiger charge is -2.43. The quantitative estimate of drug-likeness (QED) is 0.915. The summed E-state index contributed by atoms with van der Waals surface area (Å²) in [5.41, 5.74) is 2.04. The highest BCUT2D eigenvalue weighted by Gasteiger charge is 2.45. The fourth-order valence-electron chi connectivity index (χ4n) is 3.05. The van der Waals surface area contributed by atoms with Gasteiger partial charge in [0.15, 0.2) is 0 Å². The fourth-order valence-corrected chi connectivity index (χ4v) is 3.05. The molecule has 21 heavy (non-hydrogen) atoms. The summed E-state index contributed by atoms with van der Waals surface area (Å²) in [4.78, 5) is 0. The molecule has 1 aliphatic rings. The summed E-state index contributed by atoms with van der Waals surface area (Å²) in [6.07, 6.45) is 5.71. The van der Waals surface area contributed by atoms with E-state index in [9.17, 15) is 5.26 Å². The molecule has 0 saturated heterocycles. The Bertz CT molecular complexity index is 632. The van der Waals surface area contributed by atoms with Crippen LogP contribution in [0.15, 0.2) is 42.7 Å². The predicted octanol–water partition coefficient (Wildman–Crippen LogP) is 2.41. The Labute approximate surface area is 125 Å². The average Bonchev–Trinajstić information content (AvgIpc) is 2.88. The summed E-state index contributed by atoms with van der Waals surface area (Å²) in [5.74, 6) is 0. The number of nitrogens with one attached hydrogen (secondary N) is 1. The molecule has 2 aromatic rings. The maximum absolute atomic E-state index is 9.52. The second-order valence-corrected chi connectivity index (χ2v) is 5.90. The van der Waals surface area contributed by atoms with Crippen LogP contribution in [0, 0.1) is 18.3 Å². The van der Waals surface area contributed by atoms with E-state index in [4.69, 9.17) is 0 Å². The largest absolute Gasteiger partial charge is 0.312 e. The molecule has 1 aromatic carbocycles. The minimum Gasteiger partial charge on any atom is -0.312 e. The molecule has 1 aromatic heterocycles. The summed E-state index contributed by atoms with van der Waals surface area (Å²) in [6.45, 7) is 3.81. The zero-order valence-electron chi connectivity index (χ0n) is 12.3. The molecular weight excluding hydrogens is 260 g/mol. The van der Waals surface area contributed by atoms with Crippen molar-refractivity contribution in [3.8, 4) is 6.07 Å². The molecule has 4 nitrogen and oxygen atoms in total. The Morgan fingerprint density at radius 2 is 2.14 bits per heavy atom. The number of hydrogen-bond acceptors (Lipinski definition) is 3. The SMILES string of the molecule is Cc1cnn(CCNC2CC(C#N)(c3ccccc3)C2)c1. The molecule has 1 heterocycles. The van der Waals surface area contributed by atoms with Crippen LogP contribution in [0.25, 0.3) is 0 Å². The van der Waals surface area contributed by atoms with E-state index in [-0.39, 0.29) is 5.41 Å². The zero-order valence-corrected chi connectivity index (χ0v) is 12.3. The summed E-state index contributed by atoms with van der Waals surface area (Å²) >= 11 is 0. The molecule has 0 amide bonds. The van der Waals surface area contributed by atoms with E-state index in [2.05, 4.69) is 28.6 Å². The van der Waals surface area contributed by atoms with Gasteiger partial charge in [0, 0.05) is 18.8 Å². The molecule has 1 aliphatic carbocycles. The molecule has 108 valence electrons. The van der Waals surface area contributed by atoms with Crippen LogP contribution in [-0.2, 0) is 12.0 Å². The van der Waals surface area contributed by atoms with Gasteiger partial charge in [0.1, 0.15) is 0 Å². The van der Waals surface area contributed by atoms with E-state index in [1.54, 1.807) is 0 Å². The van der Waals surface area contributed by atoms with Gasteiger partial charge in [-0.25, -0.2) is 0 Å². The average molecular weight is 280 g/mol. The first-order chi connectivity index (χ1) is 10.2. The molecular formula is C17H20N4. The standard InChI is InChI=1S/C17H20N4/c1-14-11-20-21(12-14)8-7-19-16-9-17(10-16,13-18)15-5-3-2-4-6-15/h2-6,11-12,16,19H,7-10H2,1H3. The molecule has 0 bridgehead atoms. The minimum atomic E-state index is -0.290. The van der Waals surface area contributed by atoms with Gasteiger partial charge in [0.2, 0.25) is 0 Å². The van der Waals surface area contributed by atoms with E-state index in [0.717, 1.165) is 31.5 Å². The van der Waals surface area contributed by atoms with Gasteiger partial charge in [-0.05, 0) is 30.9 Å². The van der Waals surface area contributed by atoms with Crippen LogP contribution < -0.4 is 5.32 Å². The van der Waals surface area contributed by atoms with Crippen molar-refractivity contribution >= 4 is 0 Å². The second-order valence-electron chi connectivity index (χ2n) is 5.90. The third-order valence-corrected chi connectivity index (χ3v) is 4.27. The molecule has 0 radical (unpaired) electrons. The van der Waals surface area contributed by atoms with E-state index in [1.165, 1.54) is 5.56 Å². The third-order valence-electron chi connectivity index (χ3n) is 4.27. The normalized spacial score (nSPS) is 24.3. The number of nitriles is 1. The Hall–Kier alpha value is -2.12. The lowest BCUT2D eigenvalue weighted by molar-refractivity contribution is 0.224. The van der Waals surface area contributed by atoms with Crippen molar-refractivity contribution in [3.05, 3.63) is 53.9 Å². The van der Waals surface area contributed by atoms with Crippen LogP contribution in [0.2, 0.25) is 0 Å². The monoisotopic (exact) mass is 280 g/mol. The van der Waals surface area contributed by atoms with Crippen molar-refractivity contribution < 1.29 is 0 Å². The molecule has 3 rings (SSSR count). The van der Waals surface area contributed by atoms with Gasteiger partial charge in [-0.1, -0.05) is 30.3 Å². The number of rotatable bonds is 5. The molecule has 0 spiro atoms. The first-order valence-corrected chi connectivity index (χ1v) is 7.41. The highest BCUT2D eigenvalue weighted by Crippen LogP contribution is 2.43. The van der Waals surface area contributed by atoms with Crippen molar-refractivity contribution in [1.29, 1.82) is 5.26 Å². The van der Waals surface area contributed by atoms with Gasteiger partial charge >= 0.3 is 0 Å². The molecule has 1 saturated carbocycles. The smallest absolute Gasteiger partial charge is 0.0852 e. The van der Waals surface area contributed by atoms with Gasteiger partial charge in [-0.15, -0.1) is 0 Å². The fraction of sp³-hybridized carbons (Fsp3) is 0.412. The highest BCUT2D eigenvalue weighted by atomic mass is 15.3. The van der Waals surface area contributed by atoms with Crippen molar-refractivity contribution in [3.63, 3.8) is 0 Å². The lowest BCUT2D eigenvalue weighted by atomic mass is 9.62. The number of benzene rings is 1. The van der Waals surface area contributed by atoms with Crippen LogP contribution in [-0.4, -0.2) is 22.4 Å². The van der Waals surface area contributed by atoms with Gasteiger partial charge in [0.25, 0.3) is 0 Å². The van der Waals surface area contributed by atoms with Crippen LogP contribution in [0.5, 0.6) is 0 Å². The van der Waals surface area contributed by atoms with Crippen LogP contribution in [0.4, 0.5) is 0 Å². The Morgan fingerprint density at radius 1 is 1.38 bits per heavy atom. The number of aromatic nitrogens is 2. The number of aryl methyl sites for hydroxylation is 1. The summed E-state index contributed by atoms with van der Waals surface area (Å²) in [6, 6.07) is 13.1. The molecule has 1 fully saturated rings. The van der Waals surface area contributed by atoms with Crippen molar-refractivity contribution in [1.82, 2.24) is 15.1 Å². The number of nitrogens with zero attached hydrogens (tertiary/aromatic N) is 3. The Balaban J connectivity index is 1.50. The Kier molecular flexibility index (Phi) is 3.76. The molecule has 4 heteroatoms. The highest BCUT2D eigenvalue weighted by molar-refractivity contribution is 5.36. The van der Waals surface area contributed by atoms with Crippen LogP contribution in [0.1, 0.15) is 24.0 Å². The van der Waals surface area contributed by atoms with E-state index >= 15 is 0 Å². The topological polar surface area (TPSA) is 53.6 Å². The van der Waals surface area contributed by atoms with Crippen LogP contribution in [0.3, 0.4) is 0 Å². The van der Waals surface area contributed by atoms with Gasteiger partial charge < -0.3 is 5.32 Å². The Morgan fingerprint density at radius 3 is 2.76 bits per heavy atom. The first kappa shape index (κ1) is 13.8. The zero-order chi connectivity index (χ0) is 14.7. The molecule has 0 aliphatic heterocycles. The minimum absolute atomic E-state index is 0.290. The van der Waals surface area contributed by atoms with Crippen molar-refractivity contribution in [2.75, 3.05) is 6.54 Å². The maximum atomic E-state index is 9.52. The molecule has 1 N–H and O–H groups in total. The predicted molar refractivity (Wildman–Crippen MR) is 81.7 cm³/mol. The van der Waals surface area contributed by atoms with E-state index in [0.29, 0.717) is 6.04 Å². The number of hydrogen-bond donors (Lipinski definition) is 1. The van der Waals surface area contributed by atoms with E-state index in [1.807, 2.05) is 42.2 Å².